The molecule has 3 heterocycles. The molecular formula is C27H35Cl3N2O8. The molecule has 2 fully saturated rings. The van der Waals surface area contributed by atoms with Crippen LogP contribution in [0, 0.1) is 18.8 Å². The highest BCUT2D eigenvalue weighted by atomic mass is 35.6. The standard InChI is InChI=1S/C27H35Cl3N2O8/c1-13(7-19-24(36)23(35)18(12-38-19)9-20-25(39-20)15(3)16(4)33)8-22(34)32-11-21(40-26(37)27(28,29)30)17-6-5-14(2)31-10-17/h5-6,8,10-11,15-16,18-20,23-25,33,35-36H,7,9,12H2,1-4H3,(H,32,34)/b13-8+,21-11+/t15-,16-,18-,19-,20-,23+,24-,25-/m0/s1. The van der Waals surface area contributed by atoms with Gasteiger partial charge in [-0.25, -0.2) is 4.79 Å². The number of alkyl halides is 3. The number of nitrogens with zero attached hydrogens (tertiary/aromatic N) is 1. The summed E-state index contributed by atoms with van der Waals surface area (Å²) in [5.41, 5.74) is 1.66. The molecule has 0 bridgehead atoms. The molecule has 222 valence electrons. The minimum absolute atomic E-state index is 0.0238. The van der Waals surface area contributed by atoms with Crippen molar-refractivity contribution in [2.75, 3.05) is 6.61 Å². The molecule has 1 aromatic heterocycles. The maximum absolute atomic E-state index is 12.6. The number of hydrogen-bond donors (Lipinski definition) is 4. The van der Waals surface area contributed by atoms with Crippen LogP contribution in [0.3, 0.4) is 0 Å². The molecule has 0 spiro atoms. The molecule has 2 saturated heterocycles. The van der Waals surface area contributed by atoms with E-state index in [2.05, 4.69) is 10.3 Å². The number of epoxide rings is 1. The van der Waals surface area contributed by atoms with Gasteiger partial charge in [0.25, 0.3) is 3.79 Å². The summed E-state index contributed by atoms with van der Waals surface area (Å²) in [6, 6.07) is 3.30. The fraction of sp³-hybridized carbons (Fsp3) is 0.593. The van der Waals surface area contributed by atoms with Crippen molar-refractivity contribution in [3.63, 3.8) is 0 Å². The molecule has 0 unspecified atom stereocenters. The topological polar surface area (TPSA) is 151 Å². The number of aryl methyl sites for hydroxylation is 1. The molecule has 13 heteroatoms. The quantitative estimate of drug-likeness (QED) is 0.102. The number of ether oxygens (including phenoxy) is 3. The fourth-order valence-corrected chi connectivity index (χ4v) is 4.55. The third-order valence-corrected chi connectivity index (χ3v) is 7.51. The van der Waals surface area contributed by atoms with E-state index >= 15 is 0 Å². The maximum atomic E-state index is 12.6. The number of aliphatic hydroxyl groups is 3. The first-order valence-corrected chi connectivity index (χ1v) is 14.0. The largest absolute Gasteiger partial charge is 0.421 e. The van der Waals surface area contributed by atoms with Gasteiger partial charge in [0.15, 0.2) is 5.76 Å². The average molecular weight is 622 g/mol. The van der Waals surface area contributed by atoms with Crippen LogP contribution < -0.4 is 5.32 Å². The van der Waals surface area contributed by atoms with Gasteiger partial charge in [-0.15, -0.1) is 0 Å². The highest BCUT2D eigenvalue weighted by Gasteiger charge is 2.48. The van der Waals surface area contributed by atoms with Crippen LogP contribution in [-0.4, -0.2) is 79.2 Å². The summed E-state index contributed by atoms with van der Waals surface area (Å²) < 4.78 is 14.3. The van der Waals surface area contributed by atoms with E-state index in [0.717, 1.165) is 11.9 Å². The van der Waals surface area contributed by atoms with Crippen molar-refractivity contribution in [1.82, 2.24) is 10.3 Å². The van der Waals surface area contributed by atoms with Crippen molar-refractivity contribution in [1.29, 1.82) is 0 Å². The first-order chi connectivity index (χ1) is 18.7. The van der Waals surface area contributed by atoms with Gasteiger partial charge in [0.05, 0.1) is 37.1 Å². The van der Waals surface area contributed by atoms with Gasteiger partial charge >= 0.3 is 5.97 Å². The number of hydrogen-bond acceptors (Lipinski definition) is 9. The van der Waals surface area contributed by atoms with Gasteiger partial charge in [-0.1, -0.05) is 47.3 Å². The van der Waals surface area contributed by atoms with Crippen LogP contribution in [0.25, 0.3) is 5.76 Å². The molecular weight excluding hydrogens is 587 g/mol. The van der Waals surface area contributed by atoms with Gasteiger partial charge in [-0.3, -0.25) is 9.78 Å². The molecule has 8 atom stereocenters. The van der Waals surface area contributed by atoms with E-state index < -0.39 is 40.1 Å². The number of aliphatic hydroxyl groups excluding tert-OH is 3. The average Bonchev–Trinajstić information content (AvgIpc) is 3.64. The summed E-state index contributed by atoms with van der Waals surface area (Å²) in [5.74, 6) is -2.14. The lowest BCUT2D eigenvalue weighted by molar-refractivity contribution is -0.165. The minimum Gasteiger partial charge on any atom is -0.421 e. The molecule has 3 rings (SSSR count). The molecule has 2 aliphatic rings. The minimum atomic E-state index is -2.33. The summed E-state index contributed by atoms with van der Waals surface area (Å²) in [6.07, 6.45) is 1.04. The molecule has 2 aliphatic heterocycles. The number of nitrogens with one attached hydrogen (secondary N) is 1. The second-order valence-electron chi connectivity index (χ2n) is 10.4. The van der Waals surface area contributed by atoms with Crippen LogP contribution in [-0.2, 0) is 23.8 Å². The van der Waals surface area contributed by atoms with Crippen molar-refractivity contribution in [3.8, 4) is 0 Å². The lowest BCUT2D eigenvalue weighted by Crippen LogP contribution is -2.50. The first kappa shape index (κ1) is 32.8. The van der Waals surface area contributed by atoms with Crippen LogP contribution in [0.1, 0.15) is 44.9 Å². The number of halogens is 3. The number of carbonyl (C=O) groups is 2. The van der Waals surface area contributed by atoms with E-state index in [4.69, 9.17) is 49.0 Å². The van der Waals surface area contributed by atoms with Crippen molar-refractivity contribution >= 4 is 52.4 Å². The van der Waals surface area contributed by atoms with E-state index in [1.54, 1.807) is 32.9 Å². The zero-order chi connectivity index (χ0) is 29.8. The Morgan fingerprint density at radius 1 is 1.23 bits per heavy atom. The smallest absolute Gasteiger partial charge is 0.364 e. The van der Waals surface area contributed by atoms with E-state index in [1.165, 1.54) is 12.3 Å². The third-order valence-electron chi connectivity index (χ3n) is 7.05. The Morgan fingerprint density at radius 3 is 2.52 bits per heavy atom. The van der Waals surface area contributed by atoms with E-state index in [1.807, 2.05) is 6.92 Å². The summed E-state index contributed by atoms with van der Waals surface area (Å²) >= 11 is 16.8. The second-order valence-corrected chi connectivity index (χ2v) is 12.7. The lowest BCUT2D eigenvalue weighted by Gasteiger charge is -2.38. The lowest BCUT2D eigenvalue weighted by atomic mass is 9.85. The van der Waals surface area contributed by atoms with Crippen LogP contribution >= 0.6 is 34.8 Å². The van der Waals surface area contributed by atoms with Crippen molar-refractivity contribution in [3.05, 3.63) is 47.4 Å². The Bertz CT molecular complexity index is 1110. The monoisotopic (exact) mass is 620 g/mol. The molecule has 10 nitrogen and oxygen atoms in total. The molecule has 0 aliphatic carbocycles. The zero-order valence-corrected chi connectivity index (χ0v) is 24.9. The molecule has 0 aromatic carbocycles. The Balaban J connectivity index is 1.57. The molecule has 0 radical (unpaired) electrons. The number of carbonyl (C=O) groups excluding carboxylic acids is 2. The number of pyridine rings is 1. The molecule has 40 heavy (non-hydrogen) atoms. The number of rotatable bonds is 10. The molecule has 1 amide bonds. The molecule has 0 saturated carbocycles. The fourth-order valence-electron chi connectivity index (χ4n) is 4.43. The first-order valence-electron chi connectivity index (χ1n) is 12.9. The van der Waals surface area contributed by atoms with Gasteiger partial charge in [-0.05, 0) is 45.7 Å². The zero-order valence-electron chi connectivity index (χ0n) is 22.6. The summed E-state index contributed by atoms with van der Waals surface area (Å²) in [6.45, 7) is 7.31. The van der Waals surface area contributed by atoms with Crippen molar-refractivity contribution < 1.29 is 39.1 Å². The van der Waals surface area contributed by atoms with Crippen LogP contribution in [0.4, 0.5) is 0 Å². The predicted molar refractivity (Wildman–Crippen MR) is 149 cm³/mol. The van der Waals surface area contributed by atoms with Crippen LogP contribution in [0.15, 0.2) is 36.2 Å². The molecule has 4 N–H and O–H groups in total. The summed E-state index contributed by atoms with van der Waals surface area (Å²) in [7, 11) is 0. The normalized spacial score (nSPS) is 28.9. The summed E-state index contributed by atoms with van der Waals surface area (Å²) in [5, 5.41) is 33.6. The van der Waals surface area contributed by atoms with Crippen molar-refractivity contribution in [2.24, 2.45) is 11.8 Å². The number of esters is 1. The van der Waals surface area contributed by atoms with Crippen LogP contribution in [0.5, 0.6) is 0 Å². The number of aromatic nitrogens is 1. The van der Waals surface area contributed by atoms with E-state index in [-0.39, 0.29) is 42.8 Å². The second kappa shape index (κ2) is 13.9. The Labute approximate surface area is 248 Å². The van der Waals surface area contributed by atoms with Gasteiger partial charge in [0.1, 0.15) is 6.10 Å². The van der Waals surface area contributed by atoms with Crippen molar-refractivity contribution in [2.45, 2.75) is 81.0 Å². The van der Waals surface area contributed by atoms with Gasteiger partial charge in [-0.2, -0.15) is 0 Å². The van der Waals surface area contributed by atoms with Gasteiger partial charge in [0, 0.05) is 41.6 Å². The summed E-state index contributed by atoms with van der Waals surface area (Å²) in [4.78, 5) is 28.8. The van der Waals surface area contributed by atoms with E-state index in [9.17, 15) is 24.9 Å². The molecule has 1 aromatic rings. The maximum Gasteiger partial charge on any atom is 0.364 e. The highest BCUT2D eigenvalue weighted by molar-refractivity contribution is 6.75. The Kier molecular flexibility index (Phi) is 11.4. The predicted octanol–water partition coefficient (Wildman–Crippen LogP) is 2.97. The third kappa shape index (κ3) is 9.12. The highest BCUT2D eigenvalue weighted by Crippen LogP contribution is 2.38. The Hall–Kier alpha value is -1.76. The van der Waals surface area contributed by atoms with Crippen LogP contribution in [0.2, 0.25) is 0 Å². The van der Waals surface area contributed by atoms with E-state index in [0.29, 0.717) is 17.6 Å². The SMILES string of the molecule is C/C(=C\C(=O)N/C=C(/OC(=O)C(Cl)(Cl)Cl)c1ccc(C)nc1)C[C@@H]1OC[C@H](C[C@@H]2O[C@H]2[C@@H](C)[C@H](C)O)[C@@H](O)[C@H]1O. The number of amides is 1. The Morgan fingerprint density at radius 2 is 1.93 bits per heavy atom. The van der Waals surface area contributed by atoms with Gasteiger partial charge in [0.2, 0.25) is 5.91 Å². The van der Waals surface area contributed by atoms with Gasteiger partial charge < -0.3 is 34.8 Å².